The molecule has 2 N–H and O–H groups in total. The first-order valence-corrected chi connectivity index (χ1v) is 6.91. The molecule has 0 saturated carbocycles. The van der Waals surface area contributed by atoms with Crippen LogP contribution in [-0.4, -0.2) is 32.2 Å². The third-order valence-corrected chi connectivity index (χ3v) is 3.13. The van der Waals surface area contributed by atoms with Crippen molar-refractivity contribution in [1.29, 1.82) is 0 Å². The van der Waals surface area contributed by atoms with Gasteiger partial charge in [-0.1, -0.05) is 6.07 Å². The standard InChI is InChI=1S/C14H17F3N2O3/c15-14(16,17)22-12-5-1-4-11(7-12)19-13(20)18-8-10-3-2-6-21-9-10/h1,4-5,7,10H,2-3,6,8-9H2,(H2,18,19,20)/t10-/m1/s1. The van der Waals surface area contributed by atoms with Crippen LogP contribution in [0.5, 0.6) is 5.75 Å². The van der Waals surface area contributed by atoms with E-state index in [1.807, 2.05) is 0 Å². The van der Waals surface area contributed by atoms with Gasteiger partial charge < -0.3 is 20.1 Å². The minimum absolute atomic E-state index is 0.221. The summed E-state index contributed by atoms with van der Waals surface area (Å²) in [6.07, 6.45) is -2.82. The van der Waals surface area contributed by atoms with E-state index in [2.05, 4.69) is 15.4 Å². The molecule has 1 atom stereocenters. The molecule has 1 saturated heterocycles. The summed E-state index contributed by atoms with van der Waals surface area (Å²) in [5.41, 5.74) is 0.221. The Hall–Kier alpha value is -1.96. The zero-order valence-corrected chi connectivity index (χ0v) is 11.8. The molecule has 1 aromatic carbocycles. The van der Waals surface area contributed by atoms with Crippen LogP contribution in [0.15, 0.2) is 24.3 Å². The van der Waals surface area contributed by atoms with Crippen LogP contribution >= 0.6 is 0 Å². The van der Waals surface area contributed by atoms with Gasteiger partial charge in [-0.25, -0.2) is 4.79 Å². The van der Waals surface area contributed by atoms with Gasteiger partial charge in [-0.3, -0.25) is 0 Å². The Kier molecular flexibility index (Phi) is 5.48. The quantitative estimate of drug-likeness (QED) is 0.896. The highest BCUT2D eigenvalue weighted by Gasteiger charge is 2.31. The zero-order valence-electron chi connectivity index (χ0n) is 11.8. The highest BCUT2D eigenvalue weighted by molar-refractivity contribution is 5.89. The number of hydrogen-bond donors (Lipinski definition) is 2. The van der Waals surface area contributed by atoms with Crippen molar-refractivity contribution in [2.45, 2.75) is 19.2 Å². The largest absolute Gasteiger partial charge is 0.573 e. The predicted octanol–water partition coefficient (Wildman–Crippen LogP) is 3.13. The van der Waals surface area contributed by atoms with Crippen molar-refractivity contribution in [2.75, 3.05) is 25.1 Å². The first-order chi connectivity index (χ1) is 10.4. The Balaban J connectivity index is 1.81. The molecular formula is C14H17F3N2O3. The number of alkyl halides is 3. The van der Waals surface area contributed by atoms with Crippen molar-refractivity contribution in [3.8, 4) is 5.75 Å². The number of anilines is 1. The zero-order chi connectivity index (χ0) is 16.0. The summed E-state index contributed by atoms with van der Waals surface area (Å²) in [6, 6.07) is 4.64. The number of carbonyl (C=O) groups is 1. The Morgan fingerprint density at radius 1 is 1.41 bits per heavy atom. The van der Waals surface area contributed by atoms with Gasteiger partial charge in [-0.15, -0.1) is 13.2 Å². The Bertz CT molecular complexity index is 502. The maximum atomic E-state index is 12.1. The molecular weight excluding hydrogens is 301 g/mol. The lowest BCUT2D eigenvalue weighted by Crippen LogP contribution is -2.35. The van der Waals surface area contributed by atoms with E-state index in [0.717, 1.165) is 31.6 Å². The third-order valence-electron chi connectivity index (χ3n) is 3.13. The van der Waals surface area contributed by atoms with E-state index in [-0.39, 0.29) is 17.4 Å². The lowest BCUT2D eigenvalue weighted by molar-refractivity contribution is -0.274. The maximum absolute atomic E-state index is 12.1. The summed E-state index contributed by atoms with van der Waals surface area (Å²) in [4.78, 5) is 11.7. The Morgan fingerprint density at radius 2 is 2.23 bits per heavy atom. The van der Waals surface area contributed by atoms with E-state index in [9.17, 15) is 18.0 Å². The van der Waals surface area contributed by atoms with Gasteiger partial charge in [0, 0.05) is 24.9 Å². The van der Waals surface area contributed by atoms with Crippen LogP contribution in [-0.2, 0) is 4.74 Å². The lowest BCUT2D eigenvalue weighted by Gasteiger charge is -2.22. The van der Waals surface area contributed by atoms with E-state index in [4.69, 9.17) is 4.74 Å². The van der Waals surface area contributed by atoms with Gasteiger partial charge >= 0.3 is 12.4 Å². The molecule has 1 heterocycles. The molecule has 0 aromatic heterocycles. The predicted molar refractivity (Wildman–Crippen MR) is 73.7 cm³/mol. The van der Waals surface area contributed by atoms with Gasteiger partial charge in [0.25, 0.3) is 0 Å². The summed E-state index contributed by atoms with van der Waals surface area (Å²) < 4.78 is 45.5. The molecule has 0 radical (unpaired) electrons. The minimum atomic E-state index is -4.76. The number of halogens is 3. The number of hydrogen-bond acceptors (Lipinski definition) is 3. The smallest absolute Gasteiger partial charge is 0.406 e. The summed E-state index contributed by atoms with van der Waals surface area (Å²) in [6.45, 7) is 1.81. The van der Waals surface area contributed by atoms with Crippen molar-refractivity contribution in [2.24, 2.45) is 5.92 Å². The number of carbonyl (C=O) groups excluding carboxylic acids is 1. The van der Waals surface area contributed by atoms with Crippen LogP contribution in [0.4, 0.5) is 23.7 Å². The van der Waals surface area contributed by atoms with Gasteiger partial charge in [0.05, 0.1) is 6.61 Å². The van der Waals surface area contributed by atoms with Crippen LogP contribution < -0.4 is 15.4 Å². The molecule has 1 aliphatic rings. The van der Waals surface area contributed by atoms with Gasteiger partial charge in [-0.05, 0) is 30.9 Å². The highest BCUT2D eigenvalue weighted by atomic mass is 19.4. The van der Waals surface area contributed by atoms with Crippen molar-refractivity contribution in [3.05, 3.63) is 24.3 Å². The monoisotopic (exact) mass is 318 g/mol. The van der Waals surface area contributed by atoms with Gasteiger partial charge in [0.1, 0.15) is 5.75 Å². The number of rotatable bonds is 4. The van der Waals surface area contributed by atoms with Gasteiger partial charge in [0.15, 0.2) is 0 Å². The van der Waals surface area contributed by atoms with Crippen molar-refractivity contribution < 1.29 is 27.4 Å². The van der Waals surface area contributed by atoms with E-state index in [0.29, 0.717) is 13.2 Å². The van der Waals surface area contributed by atoms with E-state index < -0.39 is 12.4 Å². The number of ether oxygens (including phenoxy) is 2. The summed E-state index contributed by atoms with van der Waals surface area (Å²) in [5.74, 6) is -0.120. The molecule has 1 aromatic rings. The third kappa shape index (κ3) is 5.80. The number of urea groups is 1. The van der Waals surface area contributed by atoms with E-state index >= 15 is 0 Å². The molecule has 1 fully saturated rings. The van der Waals surface area contributed by atoms with Crippen molar-refractivity contribution >= 4 is 11.7 Å². The van der Waals surface area contributed by atoms with Crippen LogP contribution in [0.2, 0.25) is 0 Å². The second-order valence-corrected chi connectivity index (χ2v) is 4.99. The van der Waals surface area contributed by atoms with E-state index in [1.165, 1.54) is 12.1 Å². The Morgan fingerprint density at radius 3 is 2.91 bits per heavy atom. The number of amides is 2. The summed E-state index contributed by atoms with van der Waals surface area (Å²) >= 11 is 0. The first kappa shape index (κ1) is 16.4. The minimum Gasteiger partial charge on any atom is -0.406 e. The van der Waals surface area contributed by atoms with Crippen molar-refractivity contribution in [1.82, 2.24) is 5.32 Å². The van der Waals surface area contributed by atoms with E-state index in [1.54, 1.807) is 0 Å². The molecule has 0 aliphatic carbocycles. The second kappa shape index (κ2) is 7.35. The normalized spacial score (nSPS) is 18.6. The molecule has 2 rings (SSSR count). The fraction of sp³-hybridized carbons (Fsp3) is 0.500. The van der Waals surface area contributed by atoms with Crippen LogP contribution in [0.25, 0.3) is 0 Å². The molecule has 0 bridgehead atoms. The van der Waals surface area contributed by atoms with Crippen LogP contribution in [0, 0.1) is 5.92 Å². The topological polar surface area (TPSA) is 59.6 Å². The molecule has 22 heavy (non-hydrogen) atoms. The highest BCUT2D eigenvalue weighted by Crippen LogP contribution is 2.25. The summed E-state index contributed by atoms with van der Waals surface area (Å²) in [7, 11) is 0. The molecule has 0 unspecified atom stereocenters. The van der Waals surface area contributed by atoms with Crippen LogP contribution in [0.3, 0.4) is 0 Å². The number of benzene rings is 1. The Labute approximate surface area is 125 Å². The average Bonchev–Trinajstić information content (AvgIpc) is 2.45. The molecule has 8 heteroatoms. The SMILES string of the molecule is O=C(NC[C@H]1CCCOC1)Nc1cccc(OC(F)(F)F)c1. The molecule has 2 amide bonds. The van der Waals surface area contributed by atoms with Gasteiger partial charge in [0.2, 0.25) is 0 Å². The molecule has 0 spiro atoms. The fourth-order valence-corrected chi connectivity index (χ4v) is 2.15. The first-order valence-electron chi connectivity index (χ1n) is 6.91. The second-order valence-electron chi connectivity index (χ2n) is 4.99. The maximum Gasteiger partial charge on any atom is 0.573 e. The fourth-order valence-electron chi connectivity index (χ4n) is 2.15. The summed E-state index contributed by atoms with van der Waals surface area (Å²) in [5, 5.41) is 5.14. The molecule has 5 nitrogen and oxygen atoms in total. The van der Waals surface area contributed by atoms with Gasteiger partial charge in [-0.2, -0.15) is 0 Å². The molecule has 122 valence electrons. The number of nitrogens with one attached hydrogen (secondary N) is 2. The van der Waals surface area contributed by atoms with Crippen molar-refractivity contribution in [3.63, 3.8) is 0 Å². The molecule has 1 aliphatic heterocycles. The lowest BCUT2D eigenvalue weighted by atomic mass is 10.0. The average molecular weight is 318 g/mol. The van der Waals surface area contributed by atoms with Crippen LogP contribution in [0.1, 0.15) is 12.8 Å².